The highest BCUT2D eigenvalue weighted by Crippen LogP contribution is 2.16. The van der Waals surface area contributed by atoms with Gasteiger partial charge in [0.05, 0.1) is 0 Å². The molecule has 1 aliphatic heterocycles. The van der Waals surface area contributed by atoms with Crippen molar-refractivity contribution in [3.05, 3.63) is 30.1 Å². The van der Waals surface area contributed by atoms with Crippen molar-refractivity contribution in [1.82, 2.24) is 4.90 Å². The molecule has 0 spiro atoms. The Morgan fingerprint density at radius 2 is 2.18 bits per heavy atom. The van der Waals surface area contributed by atoms with Gasteiger partial charge in [-0.25, -0.2) is 4.39 Å². The number of halogens is 1. The summed E-state index contributed by atoms with van der Waals surface area (Å²) in [4.78, 5) is 13.6. The normalized spacial score (nSPS) is 19.4. The number of ether oxygens (including phenoxy) is 1. The van der Waals surface area contributed by atoms with Crippen molar-refractivity contribution in [2.24, 2.45) is 5.92 Å². The largest absolute Gasteiger partial charge is 0.484 e. The van der Waals surface area contributed by atoms with Gasteiger partial charge in [0.15, 0.2) is 6.61 Å². The Morgan fingerprint density at radius 1 is 1.47 bits per heavy atom. The third kappa shape index (κ3) is 3.19. The topological polar surface area (TPSA) is 29.5 Å². The maximum absolute atomic E-state index is 12.6. The predicted octanol–water partition coefficient (Wildman–Crippen LogP) is 2.07. The zero-order valence-electron chi connectivity index (χ0n) is 9.86. The molecular formula is C13H16FNO2. The van der Waals surface area contributed by atoms with Crippen LogP contribution >= 0.6 is 0 Å². The van der Waals surface area contributed by atoms with E-state index in [1.807, 2.05) is 4.90 Å². The third-order valence-electron chi connectivity index (χ3n) is 2.95. The third-order valence-corrected chi connectivity index (χ3v) is 2.95. The number of nitrogens with zero attached hydrogens (tertiary/aromatic N) is 1. The number of amides is 1. The lowest BCUT2D eigenvalue weighted by Gasteiger charge is -2.16. The molecule has 17 heavy (non-hydrogen) atoms. The SMILES string of the molecule is CC1CCN(C(=O)COc2ccc(F)cc2)C1. The number of hydrogen-bond acceptors (Lipinski definition) is 2. The Bertz CT molecular complexity index is 391. The number of carbonyl (C=O) groups excluding carboxylic acids is 1. The fourth-order valence-electron chi connectivity index (χ4n) is 1.93. The number of likely N-dealkylation sites (tertiary alicyclic amines) is 1. The van der Waals surface area contributed by atoms with E-state index in [0.717, 1.165) is 19.5 Å². The van der Waals surface area contributed by atoms with Crippen LogP contribution in [0.2, 0.25) is 0 Å². The monoisotopic (exact) mass is 237 g/mol. The van der Waals surface area contributed by atoms with Crippen molar-refractivity contribution in [1.29, 1.82) is 0 Å². The average molecular weight is 237 g/mol. The van der Waals surface area contributed by atoms with Crippen LogP contribution in [-0.4, -0.2) is 30.5 Å². The highest BCUT2D eigenvalue weighted by molar-refractivity contribution is 5.78. The molecule has 2 rings (SSSR count). The van der Waals surface area contributed by atoms with Crippen molar-refractivity contribution < 1.29 is 13.9 Å². The zero-order valence-corrected chi connectivity index (χ0v) is 9.86. The van der Waals surface area contributed by atoms with Crippen molar-refractivity contribution in [3.63, 3.8) is 0 Å². The molecule has 0 saturated carbocycles. The quantitative estimate of drug-likeness (QED) is 0.805. The first-order chi connectivity index (χ1) is 8.15. The minimum absolute atomic E-state index is 0.00123. The highest BCUT2D eigenvalue weighted by Gasteiger charge is 2.23. The van der Waals surface area contributed by atoms with Crippen LogP contribution in [0.4, 0.5) is 4.39 Å². The van der Waals surface area contributed by atoms with Crippen molar-refractivity contribution in [3.8, 4) is 5.75 Å². The maximum atomic E-state index is 12.6. The lowest BCUT2D eigenvalue weighted by molar-refractivity contribution is -0.132. The Labute approximate surface area is 100 Å². The molecule has 92 valence electrons. The molecule has 0 aliphatic carbocycles. The van der Waals surface area contributed by atoms with Gasteiger partial charge in [-0.15, -0.1) is 0 Å². The van der Waals surface area contributed by atoms with E-state index in [-0.39, 0.29) is 18.3 Å². The summed E-state index contributed by atoms with van der Waals surface area (Å²) in [5, 5.41) is 0. The van der Waals surface area contributed by atoms with Gasteiger partial charge in [-0.1, -0.05) is 6.92 Å². The van der Waals surface area contributed by atoms with Crippen molar-refractivity contribution in [2.75, 3.05) is 19.7 Å². The number of rotatable bonds is 3. The summed E-state index contributed by atoms with van der Waals surface area (Å²) in [7, 11) is 0. The molecule has 1 atom stereocenters. The Hall–Kier alpha value is -1.58. The lowest BCUT2D eigenvalue weighted by Crippen LogP contribution is -2.32. The van der Waals surface area contributed by atoms with Gasteiger partial charge in [0.25, 0.3) is 5.91 Å². The van der Waals surface area contributed by atoms with E-state index in [2.05, 4.69) is 6.92 Å². The standard InChI is InChI=1S/C13H16FNO2/c1-10-6-7-15(8-10)13(16)9-17-12-4-2-11(14)3-5-12/h2-5,10H,6-9H2,1H3. The fourth-order valence-corrected chi connectivity index (χ4v) is 1.93. The molecule has 0 radical (unpaired) electrons. The summed E-state index contributed by atoms with van der Waals surface area (Å²) in [6.07, 6.45) is 1.06. The molecule has 0 N–H and O–H groups in total. The number of benzene rings is 1. The van der Waals surface area contributed by atoms with E-state index < -0.39 is 0 Å². The first-order valence-electron chi connectivity index (χ1n) is 5.81. The van der Waals surface area contributed by atoms with E-state index in [4.69, 9.17) is 4.74 Å². The lowest BCUT2D eigenvalue weighted by atomic mass is 10.2. The van der Waals surface area contributed by atoms with Crippen molar-refractivity contribution >= 4 is 5.91 Å². The van der Waals surface area contributed by atoms with Crippen LogP contribution in [0, 0.1) is 11.7 Å². The van der Waals surface area contributed by atoms with Crippen LogP contribution in [0.25, 0.3) is 0 Å². The van der Waals surface area contributed by atoms with Crippen LogP contribution in [0.3, 0.4) is 0 Å². The summed E-state index contributed by atoms with van der Waals surface area (Å²) in [5.74, 6) is 0.785. The van der Waals surface area contributed by atoms with Gasteiger partial charge < -0.3 is 9.64 Å². The summed E-state index contributed by atoms with van der Waals surface area (Å²) < 4.78 is 18.0. The van der Waals surface area contributed by atoms with E-state index in [1.54, 1.807) is 0 Å². The van der Waals surface area contributed by atoms with Gasteiger partial charge in [-0.2, -0.15) is 0 Å². The molecule has 1 aromatic rings. The second-order valence-electron chi connectivity index (χ2n) is 4.48. The van der Waals surface area contributed by atoms with Crippen molar-refractivity contribution in [2.45, 2.75) is 13.3 Å². The molecule has 1 heterocycles. The molecule has 3 nitrogen and oxygen atoms in total. The Kier molecular flexibility index (Phi) is 3.61. The smallest absolute Gasteiger partial charge is 0.260 e. The van der Waals surface area contributed by atoms with Crippen LogP contribution in [0.5, 0.6) is 5.75 Å². The number of hydrogen-bond donors (Lipinski definition) is 0. The van der Waals surface area contributed by atoms with Gasteiger partial charge in [0.2, 0.25) is 0 Å². The molecule has 1 fully saturated rings. The molecule has 4 heteroatoms. The summed E-state index contributed by atoms with van der Waals surface area (Å²) >= 11 is 0. The molecule has 1 amide bonds. The summed E-state index contributed by atoms with van der Waals surface area (Å²) in [6.45, 7) is 3.78. The van der Waals surface area contributed by atoms with Crippen LogP contribution in [0.15, 0.2) is 24.3 Å². The summed E-state index contributed by atoms with van der Waals surface area (Å²) in [5.41, 5.74) is 0. The van der Waals surface area contributed by atoms with E-state index in [1.165, 1.54) is 24.3 Å². The zero-order chi connectivity index (χ0) is 12.3. The minimum atomic E-state index is -0.308. The van der Waals surface area contributed by atoms with Gasteiger partial charge in [0, 0.05) is 13.1 Å². The van der Waals surface area contributed by atoms with Crippen LogP contribution in [-0.2, 0) is 4.79 Å². The van der Waals surface area contributed by atoms with E-state index >= 15 is 0 Å². The maximum Gasteiger partial charge on any atom is 0.260 e. The molecule has 1 saturated heterocycles. The molecule has 1 aliphatic rings. The Balaban J connectivity index is 1.82. The van der Waals surface area contributed by atoms with Crippen LogP contribution < -0.4 is 4.74 Å². The Morgan fingerprint density at radius 3 is 2.76 bits per heavy atom. The first-order valence-corrected chi connectivity index (χ1v) is 5.81. The van der Waals surface area contributed by atoms with Crippen LogP contribution in [0.1, 0.15) is 13.3 Å². The summed E-state index contributed by atoms with van der Waals surface area (Å²) in [6, 6.07) is 5.68. The first kappa shape index (κ1) is 11.9. The molecule has 0 aromatic heterocycles. The minimum Gasteiger partial charge on any atom is -0.484 e. The van der Waals surface area contributed by atoms with E-state index in [0.29, 0.717) is 11.7 Å². The number of carbonyl (C=O) groups is 1. The fraction of sp³-hybridized carbons (Fsp3) is 0.462. The molecule has 1 unspecified atom stereocenters. The predicted molar refractivity (Wildman–Crippen MR) is 62.3 cm³/mol. The van der Waals surface area contributed by atoms with Gasteiger partial charge in [0.1, 0.15) is 11.6 Å². The molecule has 1 aromatic carbocycles. The average Bonchev–Trinajstić information content (AvgIpc) is 2.75. The second kappa shape index (κ2) is 5.17. The van der Waals surface area contributed by atoms with Gasteiger partial charge in [-0.3, -0.25) is 4.79 Å². The highest BCUT2D eigenvalue weighted by atomic mass is 19.1. The van der Waals surface area contributed by atoms with Gasteiger partial charge in [-0.05, 0) is 36.6 Å². The molecular weight excluding hydrogens is 221 g/mol. The van der Waals surface area contributed by atoms with Gasteiger partial charge >= 0.3 is 0 Å². The van der Waals surface area contributed by atoms with E-state index in [9.17, 15) is 9.18 Å². The second-order valence-corrected chi connectivity index (χ2v) is 4.48. The molecule has 0 bridgehead atoms.